The Bertz CT molecular complexity index is 526. The molecule has 6 nitrogen and oxygen atoms in total. The molecule has 1 fully saturated rings. The number of hydrogen-bond acceptors (Lipinski definition) is 4. The molecular weight excluding hydrogens is 294 g/mol. The first-order valence-corrected chi connectivity index (χ1v) is 8.00. The van der Waals surface area contributed by atoms with Crippen molar-refractivity contribution in [3.05, 3.63) is 29.8 Å². The molecule has 6 heteroatoms. The highest BCUT2D eigenvalue weighted by atomic mass is 16.5. The van der Waals surface area contributed by atoms with Crippen LogP contribution < -0.4 is 16.0 Å². The molecule has 0 aliphatic heterocycles. The predicted molar refractivity (Wildman–Crippen MR) is 89.1 cm³/mol. The molecule has 2 rings (SSSR count). The minimum absolute atomic E-state index is 0.0558. The fourth-order valence-electron chi connectivity index (χ4n) is 2.20. The summed E-state index contributed by atoms with van der Waals surface area (Å²) in [5.41, 5.74) is 1.80. The number of anilines is 1. The van der Waals surface area contributed by atoms with Crippen LogP contribution in [-0.2, 0) is 14.3 Å². The predicted octanol–water partition coefficient (Wildman–Crippen LogP) is 1.45. The van der Waals surface area contributed by atoms with Crippen LogP contribution in [0.3, 0.4) is 0 Å². The topological polar surface area (TPSA) is 79.5 Å². The van der Waals surface area contributed by atoms with Crippen LogP contribution in [0.1, 0.15) is 31.4 Å². The zero-order valence-corrected chi connectivity index (χ0v) is 13.7. The molecule has 0 spiro atoms. The molecule has 0 saturated heterocycles. The van der Waals surface area contributed by atoms with Crippen LogP contribution in [0.2, 0.25) is 0 Å². The number of rotatable bonds is 9. The third-order valence-electron chi connectivity index (χ3n) is 3.77. The second-order valence-electron chi connectivity index (χ2n) is 5.84. The van der Waals surface area contributed by atoms with Gasteiger partial charge < -0.3 is 20.7 Å². The summed E-state index contributed by atoms with van der Waals surface area (Å²) < 4.78 is 4.91. The highest BCUT2D eigenvalue weighted by Gasteiger charge is 2.29. The van der Waals surface area contributed by atoms with Crippen molar-refractivity contribution in [3.63, 3.8) is 0 Å². The minimum atomic E-state index is -0.0834. The van der Waals surface area contributed by atoms with Crippen LogP contribution in [0, 0.1) is 5.92 Å². The van der Waals surface area contributed by atoms with E-state index < -0.39 is 0 Å². The number of carbonyl (C=O) groups is 2. The van der Waals surface area contributed by atoms with Gasteiger partial charge in [0.1, 0.15) is 0 Å². The van der Waals surface area contributed by atoms with Crippen molar-refractivity contribution < 1.29 is 14.3 Å². The van der Waals surface area contributed by atoms with Crippen LogP contribution in [0.15, 0.2) is 24.3 Å². The summed E-state index contributed by atoms with van der Waals surface area (Å²) in [5, 5.41) is 8.84. The smallest absolute Gasteiger partial charge is 0.234 e. The van der Waals surface area contributed by atoms with Crippen molar-refractivity contribution in [2.75, 3.05) is 32.1 Å². The fourth-order valence-corrected chi connectivity index (χ4v) is 2.20. The molecule has 1 aliphatic rings. The van der Waals surface area contributed by atoms with Crippen molar-refractivity contribution in [3.8, 4) is 0 Å². The third-order valence-corrected chi connectivity index (χ3v) is 3.77. The molecule has 2 amide bonds. The summed E-state index contributed by atoms with van der Waals surface area (Å²) in [6, 6.07) is 7.50. The molecule has 1 atom stereocenters. The summed E-state index contributed by atoms with van der Waals surface area (Å²) >= 11 is 0. The maximum Gasteiger partial charge on any atom is 0.234 e. The number of hydrogen-bond donors (Lipinski definition) is 3. The normalized spacial score (nSPS) is 15.0. The van der Waals surface area contributed by atoms with E-state index in [4.69, 9.17) is 4.74 Å². The van der Waals surface area contributed by atoms with Crippen molar-refractivity contribution >= 4 is 17.5 Å². The van der Waals surface area contributed by atoms with E-state index >= 15 is 0 Å². The molecule has 1 aromatic carbocycles. The molecule has 0 heterocycles. The Balaban J connectivity index is 1.76. The number of ether oxygens (including phenoxy) is 1. The lowest BCUT2D eigenvalue weighted by atomic mass is 10.1. The monoisotopic (exact) mass is 319 g/mol. The van der Waals surface area contributed by atoms with Gasteiger partial charge >= 0.3 is 0 Å². The highest BCUT2D eigenvalue weighted by molar-refractivity contribution is 5.94. The van der Waals surface area contributed by atoms with Gasteiger partial charge in [-0.1, -0.05) is 12.1 Å². The lowest BCUT2D eigenvalue weighted by Gasteiger charge is -2.15. The number of benzene rings is 1. The molecule has 1 aliphatic carbocycles. The molecule has 0 bridgehead atoms. The lowest BCUT2D eigenvalue weighted by Crippen LogP contribution is -2.36. The molecule has 1 unspecified atom stereocenters. The number of methoxy groups -OCH3 is 1. The average Bonchev–Trinajstić information content (AvgIpc) is 3.37. The molecule has 3 N–H and O–H groups in total. The maximum absolute atomic E-state index is 11.8. The summed E-state index contributed by atoms with van der Waals surface area (Å²) in [7, 11) is 1.63. The van der Waals surface area contributed by atoms with E-state index in [9.17, 15) is 9.59 Å². The fraction of sp³-hybridized carbons (Fsp3) is 0.529. The SMILES string of the molecule is COCCNCC(=O)NC(C)c1ccc(NC(=O)C2CC2)cc1. The van der Waals surface area contributed by atoms with Crippen LogP contribution in [0.25, 0.3) is 0 Å². The Labute approximate surface area is 137 Å². The second-order valence-corrected chi connectivity index (χ2v) is 5.84. The van der Waals surface area contributed by atoms with Crippen molar-refractivity contribution in [1.29, 1.82) is 0 Å². The number of carbonyl (C=O) groups excluding carboxylic acids is 2. The number of amides is 2. The summed E-state index contributed by atoms with van der Waals surface area (Å²) in [4.78, 5) is 23.5. The highest BCUT2D eigenvalue weighted by Crippen LogP contribution is 2.30. The molecule has 126 valence electrons. The second kappa shape index (κ2) is 8.64. The largest absolute Gasteiger partial charge is 0.383 e. The van der Waals surface area contributed by atoms with E-state index in [0.717, 1.165) is 24.1 Å². The van der Waals surface area contributed by atoms with Gasteiger partial charge in [-0.3, -0.25) is 9.59 Å². The molecule has 0 aromatic heterocycles. The first-order chi connectivity index (χ1) is 11.1. The lowest BCUT2D eigenvalue weighted by molar-refractivity contribution is -0.121. The molecule has 23 heavy (non-hydrogen) atoms. The van der Waals surface area contributed by atoms with Gasteiger partial charge in [-0.05, 0) is 37.5 Å². The Morgan fingerprint density at radius 3 is 2.57 bits per heavy atom. The summed E-state index contributed by atoms with van der Waals surface area (Å²) in [6.07, 6.45) is 1.98. The van der Waals surface area contributed by atoms with Gasteiger partial charge in [-0.15, -0.1) is 0 Å². The average molecular weight is 319 g/mol. The van der Waals surface area contributed by atoms with Crippen molar-refractivity contribution in [2.45, 2.75) is 25.8 Å². The minimum Gasteiger partial charge on any atom is -0.383 e. The maximum atomic E-state index is 11.8. The van der Waals surface area contributed by atoms with E-state index in [1.165, 1.54) is 0 Å². The van der Waals surface area contributed by atoms with E-state index in [-0.39, 0.29) is 30.3 Å². The first-order valence-electron chi connectivity index (χ1n) is 8.00. The first kappa shape index (κ1) is 17.4. The summed E-state index contributed by atoms with van der Waals surface area (Å²) in [6.45, 7) is 3.43. The Hall–Kier alpha value is -1.92. The molecule has 1 saturated carbocycles. The molecule has 1 aromatic rings. The quantitative estimate of drug-likeness (QED) is 0.602. The zero-order chi connectivity index (χ0) is 16.7. The van der Waals surface area contributed by atoms with Crippen LogP contribution in [0.4, 0.5) is 5.69 Å². The van der Waals surface area contributed by atoms with Crippen molar-refractivity contribution in [1.82, 2.24) is 10.6 Å². The van der Waals surface area contributed by atoms with E-state index in [0.29, 0.717) is 13.2 Å². The van der Waals surface area contributed by atoms with Gasteiger partial charge in [0.2, 0.25) is 11.8 Å². The molecular formula is C17H25N3O3. The number of nitrogens with one attached hydrogen (secondary N) is 3. The summed E-state index contributed by atoms with van der Waals surface area (Å²) in [5.74, 6) is 0.236. The zero-order valence-electron chi connectivity index (χ0n) is 13.7. The van der Waals surface area contributed by atoms with Gasteiger partial charge in [0.15, 0.2) is 0 Å². The van der Waals surface area contributed by atoms with Gasteiger partial charge in [0.05, 0.1) is 19.2 Å². The Morgan fingerprint density at radius 1 is 1.26 bits per heavy atom. The Morgan fingerprint density at radius 2 is 1.96 bits per heavy atom. The van der Waals surface area contributed by atoms with E-state index in [1.807, 2.05) is 31.2 Å². The Kier molecular flexibility index (Phi) is 6.55. The standard InChI is InChI=1S/C17H25N3O3/c1-12(19-16(21)11-18-9-10-23-2)13-5-7-15(8-6-13)20-17(22)14-3-4-14/h5-8,12,14,18H,3-4,9-11H2,1-2H3,(H,19,21)(H,20,22). The van der Waals surface area contributed by atoms with Crippen LogP contribution >= 0.6 is 0 Å². The van der Waals surface area contributed by atoms with Gasteiger partial charge in [0, 0.05) is 25.3 Å². The van der Waals surface area contributed by atoms with Crippen LogP contribution in [-0.4, -0.2) is 38.6 Å². The van der Waals surface area contributed by atoms with Gasteiger partial charge in [-0.2, -0.15) is 0 Å². The van der Waals surface area contributed by atoms with E-state index in [2.05, 4.69) is 16.0 Å². The van der Waals surface area contributed by atoms with Crippen LogP contribution in [0.5, 0.6) is 0 Å². The van der Waals surface area contributed by atoms with Gasteiger partial charge in [-0.25, -0.2) is 0 Å². The van der Waals surface area contributed by atoms with E-state index in [1.54, 1.807) is 7.11 Å². The van der Waals surface area contributed by atoms with Gasteiger partial charge in [0.25, 0.3) is 0 Å². The van der Waals surface area contributed by atoms with Crippen molar-refractivity contribution in [2.24, 2.45) is 5.92 Å². The third kappa shape index (κ3) is 6.00. The molecule has 0 radical (unpaired) electrons.